The van der Waals surface area contributed by atoms with Crippen LogP contribution in [-0.4, -0.2) is 31.0 Å². The SMILES string of the molecule is CC(C)(C)C1CCC(C(=O)OCC(=O)NNC(=O)COc2ccc(Cl)cc2)CC1. The van der Waals surface area contributed by atoms with E-state index in [0.717, 1.165) is 25.7 Å². The van der Waals surface area contributed by atoms with E-state index < -0.39 is 18.4 Å². The summed E-state index contributed by atoms with van der Waals surface area (Å²) in [6.07, 6.45) is 3.53. The Labute approximate surface area is 176 Å². The van der Waals surface area contributed by atoms with E-state index in [-0.39, 0.29) is 23.9 Å². The Kier molecular flexibility index (Phi) is 8.32. The van der Waals surface area contributed by atoms with Crippen molar-refractivity contribution >= 4 is 29.4 Å². The van der Waals surface area contributed by atoms with E-state index in [9.17, 15) is 14.4 Å². The molecule has 1 aromatic rings. The van der Waals surface area contributed by atoms with Gasteiger partial charge in [-0.05, 0) is 61.3 Å². The van der Waals surface area contributed by atoms with Crippen LogP contribution in [0.25, 0.3) is 0 Å². The predicted molar refractivity (Wildman–Crippen MR) is 109 cm³/mol. The average Bonchev–Trinajstić information content (AvgIpc) is 2.69. The third-order valence-corrected chi connectivity index (χ3v) is 5.41. The van der Waals surface area contributed by atoms with Crippen LogP contribution in [0.5, 0.6) is 5.75 Å². The van der Waals surface area contributed by atoms with Gasteiger partial charge in [-0.25, -0.2) is 0 Å². The molecule has 2 N–H and O–H groups in total. The monoisotopic (exact) mass is 424 g/mol. The highest BCUT2D eigenvalue weighted by Crippen LogP contribution is 2.40. The second kappa shape index (κ2) is 10.5. The molecule has 8 heteroatoms. The number of ether oxygens (including phenoxy) is 2. The summed E-state index contributed by atoms with van der Waals surface area (Å²) in [4.78, 5) is 35.6. The van der Waals surface area contributed by atoms with Gasteiger partial charge < -0.3 is 9.47 Å². The van der Waals surface area contributed by atoms with Gasteiger partial charge in [-0.2, -0.15) is 0 Å². The number of benzene rings is 1. The molecule has 1 fully saturated rings. The molecule has 2 rings (SSSR count). The lowest BCUT2D eigenvalue weighted by Gasteiger charge is -2.36. The van der Waals surface area contributed by atoms with Crippen molar-refractivity contribution < 1.29 is 23.9 Å². The van der Waals surface area contributed by atoms with E-state index in [1.54, 1.807) is 24.3 Å². The van der Waals surface area contributed by atoms with Gasteiger partial charge >= 0.3 is 5.97 Å². The fourth-order valence-electron chi connectivity index (χ4n) is 3.34. The van der Waals surface area contributed by atoms with Crippen molar-refractivity contribution in [2.24, 2.45) is 17.3 Å². The van der Waals surface area contributed by atoms with Crippen LogP contribution in [0.4, 0.5) is 0 Å². The van der Waals surface area contributed by atoms with Gasteiger partial charge in [0, 0.05) is 5.02 Å². The van der Waals surface area contributed by atoms with Crippen LogP contribution < -0.4 is 15.6 Å². The van der Waals surface area contributed by atoms with E-state index in [0.29, 0.717) is 16.7 Å². The topological polar surface area (TPSA) is 93.7 Å². The number of hydrogen-bond donors (Lipinski definition) is 2. The van der Waals surface area contributed by atoms with Gasteiger partial charge in [-0.15, -0.1) is 0 Å². The molecule has 160 valence electrons. The van der Waals surface area contributed by atoms with Gasteiger partial charge in [-0.1, -0.05) is 32.4 Å². The summed E-state index contributed by atoms with van der Waals surface area (Å²) in [5, 5.41) is 0.561. The molecule has 29 heavy (non-hydrogen) atoms. The number of halogens is 1. The van der Waals surface area contributed by atoms with Crippen molar-refractivity contribution in [1.29, 1.82) is 0 Å². The lowest BCUT2D eigenvalue weighted by molar-refractivity contribution is -0.154. The van der Waals surface area contributed by atoms with Crippen LogP contribution in [0.1, 0.15) is 46.5 Å². The van der Waals surface area contributed by atoms with Crippen LogP contribution in [0.3, 0.4) is 0 Å². The standard InChI is InChI=1S/C21H29ClN2O5/c1-21(2,3)15-6-4-14(5-7-15)20(27)29-13-19(26)24-23-18(25)12-28-17-10-8-16(22)9-11-17/h8-11,14-15H,4-7,12-13H2,1-3H3,(H,23,25)(H,24,26). The highest BCUT2D eigenvalue weighted by Gasteiger charge is 2.33. The van der Waals surface area contributed by atoms with Crippen molar-refractivity contribution in [1.82, 2.24) is 10.9 Å². The Hall–Kier alpha value is -2.28. The Morgan fingerprint density at radius 3 is 2.07 bits per heavy atom. The first kappa shape index (κ1) is 23.0. The fourth-order valence-corrected chi connectivity index (χ4v) is 3.47. The molecule has 0 atom stereocenters. The molecule has 1 aliphatic rings. The molecule has 0 radical (unpaired) electrons. The number of carbonyl (C=O) groups is 3. The van der Waals surface area contributed by atoms with E-state index in [1.165, 1.54) is 0 Å². The molecule has 0 aliphatic heterocycles. The minimum absolute atomic E-state index is 0.163. The van der Waals surface area contributed by atoms with Crippen molar-refractivity contribution in [3.8, 4) is 5.75 Å². The molecular weight excluding hydrogens is 396 g/mol. The number of esters is 1. The minimum atomic E-state index is -0.610. The maximum Gasteiger partial charge on any atom is 0.309 e. The number of carbonyl (C=O) groups excluding carboxylic acids is 3. The smallest absolute Gasteiger partial charge is 0.309 e. The van der Waals surface area contributed by atoms with Crippen LogP contribution in [0, 0.1) is 17.3 Å². The third-order valence-electron chi connectivity index (χ3n) is 5.16. The van der Waals surface area contributed by atoms with Crippen molar-refractivity contribution in [2.45, 2.75) is 46.5 Å². The third kappa shape index (κ3) is 7.93. The van der Waals surface area contributed by atoms with Crippen LogP contribution >= 0.6 is 11.6 Å². The molecule has 1 aliphatic carbocycles. The number of rotatable bonds is 6. The quantitative estimate of drug-likeness (QED) is 0.540. The second-order valence-corrected chi connectivity index (χ2v) is 8.80. The Morgan fingerprint density at radius 2 is 1.52 bits per heavy atom. The summed E-state index contributed by atoms with van der Waals surface area (Å²) in [5.74, 6) is -0.596. The van der Waals surface area contributed by atoms with Crippen LogP contribution in [0.15, 0.2) is 24.3 Å². The van der Waals surface area contributed by atoms with Gasteiger partial charge in [0.25, 0.3) is 11.8 Å². The molecule has 0 spiro atoms. The van der Waals surface area contributed by atoms with Gasteiger partial charge in [0.05, 0.1) is 5.92 Å². The van der Waals surface area contributed by atoms with Crippen LogP contribution in [-0.2, 0) is 19.1 Å². The molecule has 0 heterocycles. The molecule has 1 aromatic carbocycles. The number of hydrogen-bond acceptors (Lipinski definition) is 5. The van der Waals surface area contributed by atoms with Gasteiger partial charge in [-0.3, -0.25) is 25.2 Å². The molecule has 0 aromatic heterocycles. The predicted octanol–water partition coefficient (Wildman–Crippen LogP) is 3.26. The van der Waals surface area contributed by atoms with Crippen LogP contribution in [0.2, 0.25) is 5.02 Å². The van der Waals surface area contributed by atoms with Gasteiger partial charge in [0.15, 0.2) is 13.2 Å². The van der Waals surface area contributed by atoms with Crippen molar-refractivity contribution in [3.05, 3.63) is 29.3 Å². The first-order valence-corrected chi connectivity index (χ1v) is 10.2. The van der Waals surface area contributed by atoms with E-state index in [1.807, 2.05) is 0 Å². The van der Waals surface area contributed by atoms with Crippen molar-refractivity contribution in [2.75, 3.05) is 13.2 Å². The minimum Gasteiger partial charge on any atom is -0.484 e. The fraction of sp³-hybridized carbons (Fsp3) is 0.571. The van der Waals surface area contributed by atoms with Gasteiger partial charge in [0.2, 0.25) is 0 Å². The molecule has 7 nitrogen and oxygen atoms in total. The summed E-state index contributed by atoms with van der Waals surface area (Å²) in [6.45, 7) is 5.94. The highest BCUT2D eigenvalue weighted by atomic mass is 35.5. The first-order chi connectivity index (χ1) is 13.6. The molecule has 0 bridgehead atoms. The lowest BCUT2D eigenvalue weighted by Crippen LogP contribution is -2.45. The zero-order valence-corrected chi connectivity index (χ0v) is 17.9. The Bertz CT molecular complexity index is 707. The molecular formula is C21H29ClN2O5. The second-order valence-electron chi connectivity index (χ2n) is 8.36. The molecule has 0 unspecified atom stereocenters. The summed E-state index contributed by atoms with van der Waals surface area (Å²) < 4.78 is 10.3. The summed E-state index contributed by atoms with van der Waals surface area (Å²) in [7, 11) is 0. The highest BCUT2D eigenvalue weighted by molar-refractivity contribution is 6.30. The van der Waals surface area contributed by atoms with E-state index in [2.05, 4.69) is 31.6 Å². The summed E-state index contributed by atoms with van der Waals surface area (Å²) >= 11 is 5.77. The maximum absolute atomic E-state index is 12.2. The summed E-state index contributed by atoms with van der Waals surface area (Å²) in [6, 6.07) is 6.53. The molecule has 0 saturated heterocycles. The van der Waals surface area contributed by atoms with E-state index in [4.69, 9.17) is 21.1 Å². The summed E-state index contributed by atoms with van der Waals surface area (Å²) in [5.41, 5.74) is 4.65. The average molecular weight is 425 g/mol. The first-order valence-electron chi connectivity index (χ1n) is 9.78. The Morgan fingerprint density at radius 1 is 0.966 bits per heavy atom. The largest absolute Gasteiger partial charge is 0.484 e. The maximum atomic E-state index is 12.2. The Balaban J connectivity index is 1.61. The molecule has 2 amide bonds. The zero-order valence-electron chi connectivity index (χ0n) is 17.1. The van der Waals surface area contributed by atoms with E-state index >= 15 is 0 Å². The zero-order chi connectivity index (χ0) is 21.4. The molecule has 1 saturated carbocycles. The number of nitrogens with one attached hydrogen (secondary N) is 2. The lowest BCUT2D eigenvalue weighted by atomic mass is 9.70. The number of amides is 2. The normalized spacial score (nSPS) is 19.2. The van der Waals surface area contributed by atoms with Crippen molar-refractivity contribution in [3.63, 3.8) is 0 Å². The van der Waals surface area contributed by atoms with Gasteiger partial charge in [0.1, 0.15) is 5.75 Å². The number of hydrazine groups is 1.